The summed E-state index contributed by atoms with van der Waals surface area (Å²) in [4.78, 5) is 26.2. The van der Waals surface area contributed by atoms with Gasteiger partial charge in [0.1, 0.15) is 6.61 Å². The molecule has 0 fully saturated rings. The minimum atomic E-state index is -0.603. The summed E-state index contributed by atoms with van der Waals surface area (Å²) in [5.41, 5.74) is 0. The fraction of sp³-hybridized carbons (Fsp3) is 0.375. The highest BCUT2D eigenvalue weighted by Crippen LogP contribution is 1.78. The van der Waals surface area contributed by atoms with Crippen LogP contribution in [0.4, 0.5) is 0 Å². The van der Waals surface area contributed by atoms with E-state index in [9.17, 15) is 9.59 Å². The van der Waals surface area contributed by atoms with Gasteiger partial charge in [0.2, 0.25) is 6.08 Å². The number of carbonyl (C=O) groups is 1. The minimum Gasteiger partial charge on any atom is -0.482 e. The molecule has 0 aliphatic carbocycles. The molecule has 0 saturated heterocycles. The SMILES string of the molecule is C1=NCCO1.C=CC(=O)OCN=C=O. The predicted octanol–water partition coefficient (Wildman–Crippen LogP) is 0.0538. The fourth-order valence-electron chi connectivity index (χ4n) is 0.445. The Kier molecular flexibility index (Phi) is 7.88. The molecule has 76 valence electrons. The molecule has 14 heavy (non-hydrogen) atoms. The van der Waals surface area contributed by atoms with Crippen LogP contribution in [0.15, 0.2) is 22.6 Å². The Balaban J connectivity index is 0.000000280. The van der Waals surface area contributed by atoms with E-state index in [0.29, 0.717) is 0 Å². The Labute approximate surface area is 80.9 Å². The molecular formula is C8H10N2O4. The molecule has 0 saturated carbocycles. The first kappa shape index (κ1) is 12.1. The molecule has 0 spiro atoms. The molecule has 1 aliphatic rings. The van der Waals surface area contributed by atoms with Crippen LogP contribution in [-0.2, 0) is 19.1 Å². The van der Waals surface area contributed by atoms with Crippen LogP contribution in [0.1, 0.15) is 0 Å². The molecule has 1 rings (SSSR count). The van der Waals surface area contributed by atoms with Gasteiger partial charge < -0.3 is 9.47 Å². The van der Waals surface area contributed by atoms with Crippen molar-refractivity contribution in [3.63, 3.8) is 0 Å². The van der Waals surface area contributed by atoms with Gasteiger partial charge in [-0.25, -0.2) is 9.59 Å². The van der Waals surface area contributed by atoms with E-state index in [-0.39, 0.29) is 6.73 Å². The molecule has 6 nitrogen and oxygen atoms in total. The highest BCUT2D eigenvalue weighted by Gasteiger charge is 1.89. The Morgan fingerprint density at radius 3 is 3.00 bits per heavy atom. The van der Waals surface area contributed by atoms with Gasteiger partial charge in [0, 0.05) is 6.08 Å². The highest BCUT2D eigenvalue weighted by atomic mass is 16.5. The maximum atomic E-state index is 10.2. The van der Waals surface area contributed by atoms with Crippen molar-refractivity contribution < 1.29 is 19.1 Å². The van der Waals surface area contributed by atoms with E-state index in [1.54, 1.807) is 0 Å². The Hall–Kier alpha value is -1.94. The monoisotopic (exact) mass is 198 g/mol. The van der Waals surface area contributed by atoms with Gasteiger partial charge in [0.25, 0.3) is 0 Å². The van der Waals surface area contributed by atoms with Crippen molar-refractivity contribution in [3.05, 3.63) is 12.7 Å². The van der Waals surface area contributed by atoms with Gasteiger partial charge in [-0.05, 0) is 0 Å². The van der Waals surface area contributed by atoms with Gasteiger partial charge in [-0.3, -0.25) is 4.99 Å². The van der Waals surface area contributed by atoms with Crippen molar-refractivity contribution in [1.29, 1.82) is 0 Å². The zero-order chi connectivity index (χ0) is 10.6. The number of ether oxygens (including phenoxy) is 2. The van der Waals surface area contributed by atoms with Crippen molar-refractivity contribution in [2.24, 2.45) is 9.98 Å². The number of hydrogen-bond acceptors (Lipinski definition) is 6. The van der Waals surface area contributed by atoms with E-state index in [1.165, 1.54) is 12.5 Å². The summed E-state index contributed by atoms with van der Waals surface area (Å²) >= 11 is 0. The Morgan fingerprint density at radius 1 is 1.86 bits per heavy atom. The van der Waals surface area contributed by atoms with Gasteiger partial charge in [-0.15, -0.1) is 0 Å². The van der Waals surface area contributed by atoms with Crippen LogP contribution in [0.2, 0.25) is 0 Å². The average Bonchev–Trinajstić information content (AvgIpc) is 2.76. The second-order valence-corrected chi connectivity index (χ2v) is 1.93. The number of isocyanates is 1. The quantitative estimate of drug-likeness (QED) is 0.278. The third-order valence-corrected chi connectivity index (χ3v) is 0.990. The molecular weight excluding hydrogens is 188 g/mol. The maximum absolute atomic E-state index is 10.2. The summed E-state index contributed by atoms with van der Waals surface area (Å²) in [6.07, 6.45) is 3.68. The lowest BCUT2D eigenvalue weighted by Crippen LogP contribution is -1.98. The summed E-state index contributed by atoms with van der Waals surface area (Å²) < 4.78 is 8.90. The Bertz CT molecular complexity index is 250. The standard InChI is InChI=1S/C5H5NO3.C3H5NO/c1-2-5(8)9-4-6-3-7;1-2-5-3-4-1/h2H,1,4H2;3H,1-2H2. The first-order valence-corrected chi connectivity index (χ1v) is 3.74. The molecule has 0 radical (unpaired) electrons. The van der Waals surface area contributed by atoms with Crippen LogP contribution in [0.25, 0.3) is 0 Å². The topological polar surface area (TPSA) is 77.3 Å². The van der Waals surface area contributed by atoms with Crippen LogP contribution in [0.3, 0.4) is 0 Å². The smallest absolute Gasteiger partial charge is 0.331 e. The molecule has 0 aromatic rings. The van der Waals surface area contributed by atoms with Gasteiger partial charge in [-0.1, -0.05) is 6.58 Å². The van der Waals surface area contributed by atoms with Crippen molar-refractivity contribution in [2.75, 3.05) is 19.9 Å². The summed E-state index contributed by atoms with van der Waals surface area (Å²) in [6.45, 7) is 4.47. The van der Waals surface area contributed by atoms with Crippen LogP contribution < -0.4 is 0 Å². The molecule has 0 aromatic carbocycles. The Morgan fingerprint density at radius 2 is 2.64 bits per heavy atom. The minimum absolute atomic E-state index is 0.283. The lowest BCUT2D eigenvalue weighted by molar-refractivity contribution is -0.137. The van der Waals surface area contributed by atoms with Crippen molar-refractivity contribution in [1.82, 2.24) is 0 Å². The van der Waals surface area contributed by atoms with E-state index in [0.717, 1.165) is 19.2 Å². The van der Waals surface area contributed by atoms with Crippen molar-refractivity contribution in [2.45, 2.75) is 0 Å². The normalized spacial score (nSPS) is 11.4. The zero-order valence-electron chi connectivity index (χ0n) is 7.51. The molecule has 0 aromatic heterocycles. The second-order valence-electron chi connectivity index (χ2n) is 1.93. The number of carbonyl (C=O) groups excluding carboxylic acids is 2. The molecule has 0 bridgehead atoms. The first-order valence-electron chi connectivity index (χ1n) is 3.74. The number of esters is 1. The third kappa shape index (κ3) is 8.16. The second kappa shape index (κ2) is 9.15. The van der Waals surface area contributed by atoms with Gasteiger partial charge >= 0.3 is 5.97 Å². The number of nitrogens with zero attached hydrogens (tertiary/aromatic N) is 2. The molecule has 1 heterocycles. The van der Waals surface area contributed by atoms with Crippen molar-refractivity contribution in [3.8, 4) is 0 Å². The highest BCUT2D eigenvalue weighted by molar-refractivity contribution is 5.81. The molecule has 0 amide bonds. The molecule has 0 N–H and O–H groups in total. The maximum Gasteiger partial charge on any atom is 0.331 e. The van der Waals surface area contributed by atoms with E-state index in [1.807, 2.05) is 0 Å². The van der Waals surface area contributed by atoms with Crippen LogP contribution in [0.5, 0.6) is 0 Å². The third-order valence-electron chi connectivity index (χ3n) is 0.990. The lowest BCUT2D eigenvalue weighted by Gasteiger charge is -1.90. The zero-order valence-corrected chi connectivity index (χ0v) is 7.51. The van der Waals surface area contributed by atoms with E-state index in [2.05, 4.69) is 26.0 Å². The predicted molar refractivity (Wildman–Crippen MR) is 48.6 cm³/mol. The molecule has 0 atom stereocenters. The van der Waals surface area contributed by atoms with E-state index < -0.39 is 5.97 Å². The summed E-state index contributed by atoms with van der Waals surface area (Å²) in [5, 5.41) is 0. The summed E-state index contributed by atoms with van der Waals surface area (Å²) in [7, 11) is 0. The van der Waals surface area contributed by atoms with Gasteiger partial charge in [0.15, 0.2) is 13.1 Å². The number of aliphatic imine (C=N–C) groups is 2. The van der Waals surface area contributed by atoms with Crippen molar-refractivity contribution >= 4 is 18.4 Å². The van der Waals surface area contributed by atoms with Crippen LogP contribution >= 0.6 is 0 Å². The molecule has 0 unspecified atom stereocenters. The van der Waals surface area contributed by atoms with Crippen LogP contribution in [-0.4, -0.2) is 38.3 Å². The lowest BCUT2D eigenvalue weighted by atomic mass is 10.7. The number of hydrogen-bond donors (Lipinski definition) is 0. The average molecular weight is 198 g/mol. The summed E-state index contributed by atoms with van der Waals surface area (Å²) in [5.74, 6) is -0.603. The molecule has 1 aliphatic heterocycles. The molecule has 6 heteroatoms. The van der Waals surface area contributed by atoms with Gasteiger partial charge in [0.05, 0.1) is 6.54 Å². The van der Waals surface area contributed by atoms with Gasteiger partial charge in [-0.2, -0.15) is 4.99 Å². The van der Waals surface area contributed by atoms with Crippen LogP contribution in [0, 0.1) is 0 Å². The van der Waals surface area contributed by atoms with E-state index >= 15 is 0 Å². The first-order chi connectivity index (χ1) is 6.81. The fourth-order valence-corrected chi connectivity index (χ4v) is 0.445. The largest absolute Gasteiger partial charge is 0.482 e. The number of rotatable bonds is 3. The summed E-state index contributed by atoms with van der Waals surface area (Å²) in [6, 6.07) is 0. The van der Waals surface area contributed by atoms with E-state index in [4.69, 9.17) is 0 Å².